The Labute approximate surface area is 136 Å². The van der Waals surface area contributed by atoms with Gasteiger partial charge in [-0.3, -0.25) is 14.6 Å². The van der Waals surface area contributed by atoms with Gasteiger partial charge in [-0.15, -0.1) is 0 Å². The minimum atomic E-state index is -4.07. The first kappa shape index (κ1) is 16.4. The van der Waals surface area contributed by atoms with E-state index in [-0.39, 0.29) is 28.8 Å². The molecule has 1 atom stereocenters. The summed E-state index contributed by atoms with van der Waals surface area (Å²) in [6, 6.07) is 2.60. The zero-order chi connectivity index (χ0) is 17.5. The van der Waals surface area contributed by atoms with E-state index >= 15 is 0 Å². The number of rotatable bonds is 3. The number of nitrogens with one attached hydrogen (secondary N) is 2. The smallest absolute Gasteiger partial charge is 0.326 e. The highest BCUT2D eigenvalue weighted by Gasteiger charge is 2.37. The molecule has 24 heavy (non-hydrogen) atoms. The fourth-order valence-corrected chi connectivity index (χ4v) is 4.56. The number of nitrogens with zero attached hydrogens (tertiary/aromatic N) is 1. The van der Waals surface area contributed by atoms with Crippen LogP contribution >= 0.6 is 0 Å². The fraction of sp³-hybridized carbons (Fsp3) is 0.357. The van der Waals surface area contributed by atoms with Crippen LogP contribution in [-0.4, -0.2) is 46.4 Å². The van der Waals surface area contributed by atoms with Crippen molar-refractivity contribution >= 4 is 26.9 Å². The van der Waals surface area contributed by atoms with Gasteiger partial charge in [0.05, 0.1) is 15.8 Å². The number of hydrogen-bond acceptors (Lipinski definition) is 5. The van der Waals surface area contributed by atoms with Gasteiger partial charge >= 0.3 is 11.7 Å². The molecule has 9 nitrogen and oxygen atoms in total. The minimum Gasteiger partial charge on any atom is -0.480 e. The van der Waals surface area contributed by atoms with Gasteiger partial charge in [-0.25, -0.2) is 13.2 Å². The lowest BCUT2D eigenvalue weighted by molar-refractivity contribution is -0.142. The second kappa shape index (κ2) is 5.87. The average molecular weight is 353 g/mol. The summed E-state index contributed by atoms with van der Waals surface area (Å²) < 4.78 is 26.6. The van der Waals surface area contributed by atoms with E-state index in [0.29, 0.717) is 12.8 Å². The third-order valence-corrected chi connectivity index (χ3v) is 5.96. The van der Waals surface area contributed by atoms with Gasteiger partial charge in [0.1, 0.15) is 6.04 Å². The highest BCUT2D eigenvalue weighted by atomic mass is 32.2. The SMILES string of the molecule is O=C(O)C1CCCCN1S(=O)(=O)c1ccc2[nH]c(=O)[nH]c(=O)c2c1. The monoisotopic (exact) mass is 353 g/mol. The third-order valence-electron chi connectivity index (χ3n) is 4.06. The molecule has 1 fully saturated rings. The van der Waals surface area contributed by atoms with Crippen molar-refractivity contribution in [3.63, 3.8) is 0 Å². The molecule has 0 bridgehead atoms. The molecule has 128 valence electrons. The topological polar surface area (TPSA) is 140 Å². The number of carboxylic acids is 1. The molecular formula is C14H15N3O6S. The van der Waals surface area contributed by atoms with Crippen molar-refractivity contribution in [1.82, 2.24) is 14.3 Å². The molecule has 2 heterocycles. The van der Waals surface area contributed by atoms with Gasteiger partial charge in [-0.05, 0) is 37.5 Å². The Kier molecular flexibility index (Phi) is 4.01. The van der Waals surface area contributed by atoms with E-state index in [2.05, 4.69) is 4.98 Å². The standard InChI is InChI=1S/C14H15N3O6S/c18-12-9-7-8(4-5-10(9)15-14(21)16-12)24(22,23)17-6-2-1-3-11(17)13(19)20/h4-5,7,11H,1-3,6H2,(H,19,20)(H2,15,16,18,21). The lowest BCUT2D eigenvalue weighted by Crippen LogP contribution is -2.47. The van der Waals surface area contributed by atoms with Crippen LogP contribution in [0, 0.1) is 0 Å². The summed E-state index contributed by atoms with van der Waals surface area (Å²) in [5, 5.41) is 9.28. The number of aliphatic carboxylic acids is 1. The molecule has 1 saturated heterocycles. The van der Waals surface area contributed by atoms with E-state index in [1.54, 1.807) is 0 Å². The molecule has 2 aromatic rings. The highest BCUT2D eigenvalue weighted by molar-refractivity contribution is 7.89. The summed E-state index contributed by atoms with van der Waals surface area (Å²) in [4.78, 5) is 38.7. The number of aromatic nitrogens is 2. The number of hydrogen-bond donors (Lipinski definition) is 3. The predicted octanol–water partition coefficient (Wildman–Crippen LogP) is -0.156. The fourth-order valence-electron chi connectivity index (χ4n) is 2.88. The van der Waals surface area contributed by atoms with Gasteiger partial charge in [-0.1, -0.05) is 0 Å². The van der Waals surface area contributed by atoms with Crippen LogP contribution in [0.25, 0.3) is 10.9 Å². The van der Waals surface area contributed by atoms with Crippen molar-refractivity contribution in [3.8, 4) is 0 Å². The molecule has 0 saturated carbocycles. The maximum Gasteiger partial charge on any atom is 0.326 e. The van der Waals surface area contributed by atoms with Crippen LogP contribution in [0.4, 0.5) is 0 Å². The summed E-state index contributed by atoms with van der Waals surface area (Å²) in [7, 11) is -4.07. The first-order valence-corrected chi connectivity index (χ1v) is 8.76. The van der Waals surface area contributed by atoms with E-state index in [1.165, 1.54) is 12.1 Å². The number of aromatic amines is 2. The molecule has 1 unspecified atom stereocenters. The molecule has 3 rings (SSSR count). The Bertz CT molecular complexity index is 1020. The van der Waals surface area contributed by atoms with Gasteiger partial charge in [-0.2, -0.15) is 4.31 Å². The van der Waals surface area contributed by atoms with Crippen molar-refractivity contribution in [2.24, 2.45) is 0 Å². The number of H-pyrrole nitrogens is 2. The largest absolute Gasteiger partial charge is 0.480 e. The number of piperidine rings is 1. The molecule has 1 aromatic heterocycles. The van der Waals surface area contributed by atoms with Gasteiger partial charge in [0, 0.05) is 6.54 Å². The summed E-state index contributed by atoms with van der Waals surface area (Å²) in [5.74, 6) is -1.19. The van der Waals surface area contributed by atoms with Crippen molar-refractivity contribution in [2.75, 3.05) is 6.54 Å². The van der Waals surface area contributed by atoms with Crippen molar-refractivity contribution in [1.29, 1.82) is 0 Å². The highest BCUT2D eigenvalue weighted by Crippen LogP contribution is 2.26. The van der Waals surface area contributed by atoms with E-state index in [1.807, 2.05) is 4.98 Å². The van der Waals surface area contributed by atoms with Gasteiger partial charge < -0.3 is 10.1 Å². The van der Waals surface area contributed by atoms with Gasteiger partial charge in [0.2, 0.25) is 10.0 Å². The zero-order valence-corrected chi connectivity index (χ0v) is 13.3. The number of benzene rings is 1. The summed E-state index contributed by atoms with van der Waals surface area (Å²) in [6.07, 6.45) is 1.46. The van der Waals surface area contributed by atoms with Crippen molar-refractivity contribution < 1.29 is 18.3 Å². The first-order valence-electron chi connectivity index (χ1n) is 7.32. The Morgan fingerprint density at radius 1 is 1.21 bits per heavy atom. The van der Waals surface area contributed by atoms with E-state index < -0.39 is 33.3 Å². The molecule has 1 aliphatic heterocycles. The van der Waals surface area contributed by atoms with E-state index in [4.69, 9.17) is 0 Å². The van der Waals surface area contributed by atoms with Crippen molar-refractivity contribution in [2.45, 2.75) is 30.2 Å². The molecular weight excluding hydrogens is 338 g/mol. The summed E-state index contributed by atoms with van der Waals surface area (Å²) >= 11 is 0. The molecule has 1 aromatic carbocycles. The minimum absolute atomic E-state index is 0.0135. The quantitative estimate of drug-likeness (QED) is 0.700. The average Bonchev–Trinajstić information content (AvgIpc) is 2.54. The first-order chi connectivity index (χ1) is 11.3. The van der Waals surface area contributed by atoms with Crippen LogP contribution in [0.1, 0.15) is 19.3 Å². The molecule has 10 heteroatoms. The Balaban J connectivity index is 2.12. The van der Waals surface area contributed by atoms with E-state index in [9.17, 15) is 27.9 Å². The lowest BCUT2D eigenvalue weighted by Gasteiger charge is -2.31. The van der Waals surface area contributed by atoms with Crippen molar-refractivity contribution in [3.05, 3.63) is 39.0 Å². The Morgan fingerprint density at radius 3 is 2.67 bits per heavy atom. The summed E-state index contributed by atoms with van der Waals surface area (Å²) in [6.45, 7) is 0.110. The predicted molar refractivity (Wildman–Crippen MR) is 84.4 cm³/mol. The van der Waals surface area contributed by atoms with Crippen LogP contribution < -0.4 is 11.2 Å². The second-order valence-electron chi connectivity index (χ2n) is 5.58. The number of fused-ring (bicyclic) bond motifs is 1. The third kappa shape index (κ3) is 2.74. The van der Waals surface area contributed by atoms with E-state index in [0.717, 1.165) is 10.4 Å². The number of sulfonamides is 1. The maximum absolute atomic E-state index is 12.8. The molecule has 1 aliphatic rings. The van der Waals surface area contributed by atoms with Gasteiger partial charge in [0.25, 0.3) is 5.56 Å². The molecule has 0 radical (unpaired) electrons. The van der Waals surface area contributed by atoms with Crippen LogP contribution in [-0.2, 0) is 14.8 Å². The normalized spacial score (nSPS) is 19.4. The molecule has 0 spiro atoms. The van der Waals surface area contributed by atoms with Crippen LogP contribution in [0.2, 0.25) is 0 Å². The number of carbonyl (C=O) groups is 1. The second-order valence-corrected chi connectivity index (χ2v) is 7.47. The van der Waals surface area contributed by atoms with Crippen LogP contribution in [0.15, 0.2) is 32.7 Å². The number of carboxylic acid groups (broad SMARTS) is 1. The maximum atomic E-state index is 12.8. The van der Waals surface area contributed by atoms with Crippen LogP contribution in [0.5, 0.6) is 0 Å². The molecule has 0 aliphatic carbocycles. The lowest BCUT2D eigenvalue weighted by atomic mass is 10.1. The van der Waals surface area contributed by atoms with Gasteiger partial charge in [0.15, 0.2) is 0 Å². The Hall–Kier alpha value is -2.46. The van der Waals surface area contributed by atoms with Crippen LogP contribution in [0.3, 0.4) is 0 Å². The zero-order valence-electron chi connectivity index (χ0n) is 12.5. The summed E-state index contributed by atoms with van der Waals surface area (Å²) in [5.41, 5.74) is -1.19. The molecule has 3 N–H and O–H groups in total. The molecule has 0 amide bonds. The Morgan fingerprint density at radius 2 is 1.96 bits per heavy atom.